The van der Waals surface area contributed by atoms with Crippen molar-refractivity contribution in [2.24, 2.45) is 5.92 Å². The van der Waals surface area contributed by atoms with Gasteiger partial charge in [-0.15, -0.1) is 0 Å². The van der Waals surface area contributed by atoms with Gasteiger partial charge < -0.3 is 10.2 Å². The van der Waals surface area contributed by atoms with Crippen molar-refractivity contribution in [1.82, 2.24) is 10.2 Å². The van der Waals surface area contributed by atoms with Crippen LogP contribution in [0.5, 0.6) is 0 Å². The molecule has 1 N–H and O–H groups in total. The summed E-state index contributed by atoms with van der Waals surface area (Å²) in [7, 11) is 0. The Bertz CT molecular complexity index is 840. The quantitative estimate of drug-likeness (QED) is 0.681. The third-order valence-corrected chi connectivity index (χ3v) is 6.83. The van der Waals surface area contributed by atoms with Gasteiger partial charge in [-0.3, -0.25) is 9.69 Å². The molecule has 2 fully saturated rings. The van der Waals surface area contributed by atoms with E-state index in [2.05, 4.69) is 65.4 Å². The molecule has 2 heterocycles. The van der Waals surface area contributed by atoms with Gasteiger partial charge in [-0.1, -0.05) is 37.6 Å². The van der Waals surface area contributed by atoms with E-state index >= 15 is 0 Å². The number of anilines is 1. The van der Waals surface area contributed by atoms with Gasteiger partial charge in [0.2, 0.25) is 0 Å². The van der Waals surface area contributed by atoms with Gasteiger partial charge in [0.15, 0.2) is 0 Å². The van der Waals surface area contributed by atoms with Crippen LogP contribution in [-0.2, 0) is 6.54 Å². The molecule has 0 spiro atoms. The third kappa shape index (κ3) is 5.88. The molecule has 166 valence electrons. The van der Waals surface area contributed by atoms with E-state index in [1.54, 1.807) is 0 Å². The fraction of sp³-hybridized carbons (Fsp3) is 0.519. The predicted octanol–water partition coefficient (Wildman–Crippen LogP) is 5.40. The number of hydrogen-bond donors (Lipinski definition) is 1. The normalized spacial score (nSPS) is 21.0. The molecule has 4 heteroatoms. The number of rotatable bonds is 6. The van der Waals surface area contributed by atoms with E-state index in [-0.39, 0.29) is 11.9 Å². The first-order valence-electron chi connectivity index (χ1n) is 12.1. The molecular formula is C27H37N3O. The smallest absolute Gasteiger partial charge is 0.251 e. The van der Waals surface area contributed by atoms with Crippen LogP contribution >= 0.6 is 0 Å². The largest absolute Gasteiger partial charge is 0.371 e. The number of carbonyl (C=O) groups excluding carboxylic acids is 1. The summed E-state index contributed by atoms with van der Waals surface area (Å²) in [6.45, 7) is 10.0. The fourth-order valence-electron chi connectivity index (χ4n) is 4.90. The van der Waals surface area contributed by atoms with Gasteiger partial charge in [0.05, 0.1) is 6.04 Å². The monoisotopic (exact) mass is 419 g/mol. The van der Waals surface area contributed by atoms with E-state index in [1.165, 1.54) is 56.4 Å². The maximum absolute atomic E-state index is 12.8. The molecule has 2 aliphatic heterocycles. The van der Waals surface area contributed by atoms with E-state index in [1.807, 2.05) is 12.1 Å². The van der Waals surface area contributed by atoms with Crippen molar-refractivity contribution >= 4 is 11.6 Å². The van der Waals surface area contributed by atoms with Crippen molar-refractivity contribution in [3.8, 4) is 0 Å². The Morgan fingerprint density at radius 3 is 2.35 bits per heavy atom. The van der Waals surface area contributed by atoms with Gasteiger partial charge in [-0.2, -0.15) is 0 Å². The number of hydrogen-bond acceptors (Lipinski definition) is 3. The molecule has 0 aliphatic carbocycles. The van der Waals surface area contributed by atoms with Gasteiger partial charge in [-0.25, -0.2) is 0 Å². The van der Waals surface area contributed by atoms with Crippen molar-refractivity contribution in [3.05, 3.63) is 65.2 Å². The molecule has 31 heavy (non-hydrogen) atoms. The van der Waals surface area contributed by atoms with Crippen LogP contribution in [0.15, 0.2) is 48.5 Å². The highest BCUT2D eigenvalue weighted by Gasteiger charge is 2.17. The molecule has 2 aromatic carbocycles. The number of likely N-dealkylation sites (tertiary alicyclic amines) is 1. The van der Waals surface area contributed by atoms with Crippen LogP contribution in [0.4, 0.5) is 5.69 Å². The first kappa shape index (κ1) is 21.9. The number of benzene rings is 2. The van der Waals surface area contributed by atoms with E-state index < -0.39 is 0 Å². The lowest BCUT2D eigenvalue weighted by atomic mass is 9.99. The Morgan fingerprint density at radius 2 is 1.68 bits per heavy atom. The lowest BCUT2D eigenvalue weighted by Crippen LogP contribution is -2.34. The Labute approximate surface area is 187 Å². The predicted molar refractivity (Wildman–Crippen MR) is 129 cm³/mol. The summed E-state index contributed by atoms with van der Waals surface area (Å²) in [4.78, 5) is 17.7. The molecule has 2 aromatic rings. The maximum atomic E-state index is 12.8. The average Bonchev–Trinajstić information content (AvgIpc) is 2.80. The topological polar surface area (TPSA) is 35.6 Å². The summed E-state index contributed by atoms with van der Waals surface area (Å²) in [6, 6.07) is 16.8. The zero-order valence-corrected chi connectivity index (χ0v) is 19.1. The summed E-state index contributed by atoms with van der Waals surface area (Å²) < 4.78 is 0. The van der Waals surface area contributed by atoms with Crippen LogP contribution in [0.25, 0.3) is 0 Å². The van der Waals surface area contributed by atoms with Crippen molar-refractivity contribution in [2.75, 3.05) is 31.1 Å². The van der Waals surface area contributed by atoms with Crippen LogP contribution in [0, 0.1) is 5.92 Å². The molecule has 2 aliphatic rings. The molecule has 0 bridgehead atoms. The molecule has 4 rings (SSSR count). The summed E-state index contributed by atoms with van der Waals surface area (Å²) in [5, 5.41) is 3.16. The molecule has 0 radical (unpaired) electrons. The number of piperidine rings is 2. The molecule has 2 saturated heterocycles. The first-order chi connectivity index (χ1) is 15.1. The van der Waals surface area contributed by atoms with E-state index in [9.17, 15) is 4.79 Å². The summed E-state index contributed by atoms with van der Waals surface area (Å²) in [5.41, 5.74) is 4.45. The first-order valence-corrected chi connectivity index (χ1v) is 12.1. The van der Waals surface area contributed by atoms with Crippen LogP contribution in [-0.4, -0.2) is 37.0 Å². The molecule has 4 nitrogen and oxygen atoms in total. The van der Waals surface area contributed by atoms with Crippen molar-refractivity contribution < 1.29 is 4.79 Å². The van der Waals surface area contributed by atoms with Crippen molar-refractivity contribution in [1.29, 1.82) is 0 Å². The summed E-state index contributed by atoms with van der Waals surface area (Å²) in [5.74, 6) is 0.754. The molecule has 2 atom stereocenters. The molecule has 0 aromatic heterocycles. The molecule has 0 unspecified atom stereocenters. The lowest BCUT2D eigenvalue weighted by Gasteiger charge is -2.33. The van der Waals surface area contributed by atoms with Crippen LogP contribution < -0.4 is 10.2 Å². The fourth-order valence-corrected chi connectivity index (χ4v) is 4.90. The minimum absolute atomic E-state index is 0.00838. The van der Waals surface area contributed by atoms with Crippen LogP contribution in [0.3, 0.4) is 0 Å². The van der Waals surface area contributed by atoms with Crippen molar-refractivity contribution in [2.45, 2.75) is 58.5 Å². The number of amides is 1. The Hall–Kier alpha value is -2.33. The van der Waals surface area contributed by atoms with Gasteiger partial charge in [0.25, 0.3) is 5.91 Å². The standard InChI is InChI=1S/C27H37N3O/c1-21-7-6-18-30(19-21)26-14-12-24(13-15-26)22(2)28-27(31)25-10-8-23(9-11-25)20-29-16-4-3-5-17-29/h8-15,21-22H,3-7,16-20H2,1-2H3,(H,28,31)/t21-,22+/m0/s1. The third-order valence-electron chi connectivity index (χ3n) is 6.83. The number of carbonyl (C=O) groups is 1. The van der Waals surface area contributed by atoms with Gasteiger partial charge >= 0.3 is 0 Å². The Kier molecular flexibility index (Phi) is 7.29. The zero-order chi connectivity index (χ0) is 21.6. The minimum Gasteiger partial charge on any atom is -0.371 e. The van der Waals surface area contributed by atoms with Crippen LogP contribution in [0.2, 0.25) is 0 Å². The molecular weight excluding hydrogens is 382 g/mol. The molecule has 0 saturated carbocycles. The average molecular weight is 420 g/mol. The Balaban J connectivity index is 1.31. The van der Waals surface area contributed by atoms with E-state index in [0.717, 1.165) is 36.7 Å². The van der Waals surface area contributed by atoms with Crippen molar-refractivity contribution in [3.63, 3.8) is 0 Å². The Morgan fingerprint density at radius 1 is 0.968 bits per heavy atom. The summed E-state index contributed by atoms with van der Waals surface area (Å²) in [6.07, 6.45) is 6.56. The molecule has 1 amide bonds. The lowest BCUT2D eigenvalue weighted by molar-refractivity contribution is 0.0940. The van der Waals surface area contributed by atoms with Crippen LogP contribution in [0.1, 0.15) is 73.5 Å². The second kappa shape index (κ2) is 10.3. The SMILES string of the molecule is C[C@H]1CCCN(c2ccc([C@@H](C)NC(=O)c3ccc(CN4CCCCC4)cc3)cc2)C1. The highest BCUT2D eigenvalue weighted by Crippen LogP contribution is 2.25. The summed E-state index contributed by atoms with van der Waals surface area (Å²) >= 11 is 0. The minimum atomic E-state index is -0.0187. The second-order valence-electron chi connectivity index (χ2n) is 9.51. The van der Waals surface area contributed by atoms with Gasteiger partial charge in [0.1, 0.15) is 0 Å². The van der Waals surface area contributed by atoms with E-state index in [0.29, 0.717) is 0 Å². The highest BCUT2D eigenvalue weighted by molar-refractivity contribution is 5.94. The number of nitrogens with one attached hydrogen (secondary N) is 1. The maximum Gasteiger partial charge on any atom is 0.251 e. The van der Waals surface area contributed by atoms with Gasteiger partial charge in [0, 0.05) is 30.9 Å². The van der Waals surface area contributed by atoms with Gasteiger partial charge in [-0.05, 0) is 87.0 Å². The number of nitrogens with zero attached hydrogens (tertiary/aromatic N) is 2. The van der Waals surface area contributed by atoms with E-state index in [4.69, 9.17) is 0 Å². The second-order valence-corrected chi connectivity index (χ2v) is 9.51. The highest BCUT2D eigenvalue weighted by atomic mass is 16.1. The zero-order valence-electron chi connectivity index (χ0n) is 19.1.